The molecule has 4 atom stereocenters. The van der Waals surface area contributed by atoms with Gasteiger partial charge in [-0.05, 0) is 17.8 Å². The van der Waals surface area contributed by atoms with Crippen molar-refractivity contribution in [2.24, 2.45) is 17.8 Å². The van der Waals surface area contributed by atoms with E-state index in [2.05, 4.69) is 34.6 Å². The smallest absolute Gasteiger partial charge is 0.0699 e. The minimum Gasteiger partial charge on any atom is -0.0774 e. The Bertz CT molecular complexity index is 110. The van der Waals surface area contributed by atoms with Crippen molar-refractivity contribution in [2.75, 3.05) is 0 Å². The van der Waals surface area contributed by atoms with Crippen LogP contribution in [-0.2, 0) is 0 Å². The fourth-order valence-corrected chi connectivity index (χ4v) is 1.99. The van der Waals surface area contributed by atoms with E-state index in [0.29, 0.717) is 11.7 Å². The summed E-state index contributed by atoms with van der Waals surface area (Å²) in [5.74, 6) is 2.61. The molecule has 12 heavy (non-hydrogen) atoms. The number of rotatable bonds is 5. The Kier molecular flexibility index (Phi) is 5.70. The molecule has 0 fully saturated rings. The molecule has 0 aliphatic heterocycles. The zero-order valence-corrected chi connectivity index (χ0v) is 9.30. The summed E-state index contributed by atoms with van der Waals surface area (Å²) >= 11 is 0. The summed E-state index contributed by atoms with van der Waals surface area (Å²) in [6, 6.07) is 0. The van der Waals surface area contributed by atoms with Crippen LogP contribution in [-0.4, -0.2) is 7.85 Å². The van der Waals surface area contributed by atoms with Crippen LogP contribution in [0.25, 0.3) is 0 Å². The Balaban J connectivity index is 4.13. The van der Waals surface area contributed by atoms with Crippen LogP contribution in [0.2, 0.25) is 5.82 Å². The normalized spacial score (nSPS) is 21.4. The molecular formula is C11H23B. The molecule has 1 heteroatoms. The molecule has 0 aliphatic rings. The van der Waals surface area contributed by atoms with E-state index >= 15 is 0 Å². The largest absolute Gasteiger partial charge is 0.0774 e. The van der Waals surface area contributed by atoms with E-state index in [4.69, 9.17) is 7.85 Å². The Morgan fingerprint density at radius 3 is 1.75 bits per heavy atom. The van der Waals surface area contributed by atoms with Gasteiger partial charge in [0.1, 0.15) is 0 Å². The second-order valence-electron chi connectivity index (χ2n) is 4.18. The van der Waals surface area contributed by atoms with Gasteiger partial charge in [-0.15, -0.1) is 0 Å². The summed E-state index contributed by atoms with van der Waals surface area (Å²) in [6.07, 6.45) is 2.54. The van der Waals surface area contributed by atoms with Crippen LogP contribution in [0.5, 0.6) is 0 Å². The third-order valence-electron chi connectivity index (χ3n) is 3.35. The van der Waals surface area contributed by atoms with Gasteiger partial charge >= 0.3 is 0 Å². The topological polar surface area (TPSA) is 0 Å². The van der Waals surface area contributed by atoms with Crippen LogP contribution in [0, 0.1) is 17.8 Å². The van der Waals surface area contributed by atoms with Crippen molar-refractivity contribution in [3.63, 3.8) is 0 Å². The van der Waals surface area contributed by atoms with Gasteiger partial charge in [0.2, 0.25) is 0 Å². The molecule has 0 aliphatic carbocycles. The van der Waals surface area contributed by atoms with Crippen LogP contribution < -0.4 is 0 Å². The summed E-state index contributed by atoms with van der Waals surface area (Å²) in [5.41, 5.74) is 0. The molecule has 0 aromatic carbocycles. The molecule has 0 rings (SSSR count). The Morgan fingerprint density at radius 2 is 1.50 bits per heavy atom. The van der Waals surface area contributed by atoms with Gasteiger partial charge < -0.3 is 0 Å². The van der Waals surface area contributed by atoms with E-state index in [1.54, 1.807) is 0 Å². The van der Waals surface area contributed by atoms with Crippen LogP contribution in [0.4, 0.5) is 0 Å². The fourth-order valence-electron chi connectivity index (χ4n) is 1.99. The lowest BCUT2D eigenvalue weighted by molar-refractivity contribution is 0.236. The van der Waals surface area contributed by atoms with Crippen LogP contribution in [0.15, 0.2) is 0 Å². The van der Waals surface area contributed by atoms with Gasteiger partial charge in [-0.2, -0.15) is 0 Å². The SMILES string of the molecule is [B]C(C)C(C)C(CC)C(C)CC. The maximum Gasteiger partial charge on any atom is 0.0699 e. The van der Waals surface area contributed by atoms with Crippen molar-refractivity contribution in [3.8, 4) is 0 Å². The monoisotopic (exact) mass is 166 g/mol. The molecule has 0 amide bonds. The highest BCUT2D eigenvalue weighted by Gasteiger charge is 2.22. The van der Waals surface area contributed by atoms with Crippen LogP contribution >= 0.6 is 0 Å². The summed E-state index contributed by atoms with van der Waals surface area (Å²) in [5, 5.41) is 0. The zero-order chi connectivity index (χ0) is 9.72. The van der Waals surface area contributed by atoms with Crippen LogP contribution in [0.3, 0.4) is 0 Å². The molecule has 0 saturated carbocycles. The maximum absolute atomic E-state index is 5.90. The number of hydrogen-bond donors (Lipinski definition) is 0. The number of hydrogen-bond acceptors (Lipinski definition) is 0. The average Bonchev–Trinajstić information content (AvgIpc) is 2.05. The predicted octanol–water partition coefficient (Wildman–Crippen LogP) is 3.67. The maximum atomic E-state index is 5.90. The molecule has 4 unspecified atom stereocenters. The van der Waals surface area contributed by atoms with Crippen LogP contribution in [0.1, 0.15) is 47.5 Å². The first-order chi connectivity index (χ1) is 5.54. The lowest BCUT2D eigenvalue weighted by Gasteiger charge is -2.31. The lowest BCUT2D eigenvalue weighted by Crippen LogP contribution is -2.21. The van der Waals surface area contributed by atoms with Crippen molar-refractivity contribution in [2.45, 2.75) is 53.3 Å². The summed E-state index contributed by atoms with van der Waals surface area (Å²) in [6.45, 7) is 11.3. The van der Waals surface area contributed by atoms with Gasteiger partial charge in [0, 0.05) is 0 Å². The summed E-state index contributed by atoms with van der Waals surface area (Å²) in [7, 11) is 5.90. The molecular weight excluding hydrogens is 143 g/mol. The Morgan fingerprint density at radius 1 is 1.00 bits per heavy atom. The molecule has 0 heterocycles. The molecule has 0 spiro atoms. The lowest BCUT2D eigenvalue weighted by atomic mass is 9.68. The van der Waals surface area contributed by atoms with Crippen molar-refractivity contribution < 1.29 is 0 Å². The minimum absolute atomic E-state index is 0.337. The molecule has 0 N–H and O–H groups in total. The minimum atomic E-state index is 0.337. The highest BCUT2D eigenvalue weighted by molar-refractivity contribution is 6.11. The van der Waals surface area contributed by atoms with Gasteiger partial charge in [0.05, 0.1) is 7.85 Å². The quantitative estimate of drug-likeness (QED) is 0.546. The first-order valence-electron chi connectivity index (χ1n) is 5.30. The highest BCUT2D eigenvalue weighted by Crippen LogP contribution is 2.32. The van der Waals surface area contributed by atoms with Crippen molar-refractivity contribution in [1.29, 1.82) is 0 Å². The van der Waals surface area contributed by atoms with Gasteiger partial charge in [-0.3, -0.25) is 0 Å². The molecule has 0 nitrogen and oxygen atoms in total. The predicted molar refractivity (Wildman–Crippen MR) is 57.6 cm³/mol. The first kappa shape index (κ1) is 12.1. The third kappa shape index (κ3) is 3.20. The van der Waals surface area contributed by atoms with Gasteiger partial charge in [-0.25, -0.2) is 0 Å². The van der Waals surface area contributed by atoms with Gasteiger partial charge in [-0.1, -0.05) is 53.3 Å². The average molecular weight is 166 g/mol. The van der Waals surface area contributed by atoms with E-state index in [0.717, 1.165) is 11.8 Å². The summed E-state index contributed by atoms with van der Waals surface area (Å²) < 4.78 is 0. The van der Waals surface area contributed by atoms with E-state index in [9.17, 15) is 0 Å². The van der Waals surface area contributed by atoms with Gasteiger partial charge in [0.25, 0.3) is 0 Å². The Labute approximate surface area is 79.5 Å². The highest BCUT2D eigenvalue weighted by atomic mass is 14.3. The first-order valence-corrected chi connectivity index (χ1v) is 5.30. The van der Waals surface area contributed by atoms with E-state index in [1.807, 2.05) is 0 Å². The second kappa shape index (κ2) is 5.67. The summed E-state index contributed by atoms with van der Waals surface area (Å²) in [4.78, 5) is 0. The molecule has 0 saturated heterocycles. The van der Waals surface area contributed by atoms with Crippen molar-refractivity contribution in [1.82, 2.24) is 0 Å². The fraction of sp³-hybridized carbons (Fsp3) is 1.00. The molecule has 0 aromatic rings. The zero-order valence-electron chi connectivity index (χ0n) is 9.30. The molecule has 70 valence electrons. The van der Waals surface area contributed by atoms with Gasteiger partial charge in [0.15, 0.2) is 0 Å². The Hall–Kier alpha value is 0.0649. The molecule has 2 radical (unpaired) electrons. The molecule has 0 bridgehead atoms. The second-order valence-corrected chi connectivity index (χ2v) is 4.18. The van der Waals surface area contributed by atoms with E-state index in [1.165, 1.54) is 12.8 Å². The third-order valence-corrected chi connectivity index (χ3v) is 3.35. The standard InChI is InChI=1S/C11H23B/c1-6-8(3)11(7-2)9(4)10(5)12/h8-11H,6-7H2,1-5H3. The molecule has 0 aromatic heterocycles. The van der Waals surface area contributed by atoms with Crippen molar-refractivity contribution >= 4 is 7.85 Å². The van der Waals surface area contributed by atoms with E-state index in [-0.39, 0.29) is 0 Å². The van der Waals surface area contributed by atoms with E-state index < -0.39 is 0 Å². The van der Waals surface area contributed by atoms with Crippen molar-refractivity contribution in [3.05, 3.63) is 0 Å².